The Bertz CT molecular complexity index is 528. The molecular formula is C13H19N3O2. The molecule has 5 heteroatoms. The summed E-state index contributed by atoms with van der Waals surface area (Å²) in [5, 5.41) is 7.34. The molecule has 0 radical (unpaired) electrons. The van der Waals surface area contributed by atoms with Crippen molar-refractivity contribution in [1.29, 1.82) is 0 Å². The van der Waals surface area contributed by atoms with Crippen LogP contribution in [0.15, 0.2) is 16.5 Å². The van der Waals surface area contributed by atoms with Crippen molar-refractivity contribution in [2.24, 2.45) is 7.05 Å². The van der Waals surface area contributed by atoms with E-state index in [2.05, 4.69) is 10.4 Å². The minimum Gasteiger partial charge on any atom is -0.470 e. The van der Waals surface area contributed by atoms with Crippen LogP contribution in [-0.4, -0.2) is 16.8 Å². The molecule has 0 aliphatic rings. The molecule has 1 N–H and O–H groups in total. The first-order chi connectivity index (χ1) is 8.60. The van der Waals surface area contributed by atoms with Crippen molar-refractivity contribution in [2.45, 2.75) is 27.0 Å². The standard InChI is InChI=1S/C13H19N3O2/c1-9-5-13(16(4)15-9)17-8-12-6-11(7-14-3)10(2)18-12/h5-6,14H,7-8H2,1-4H3. The van der Waals surface area contributed by atoms with Crippen molar-refractivity contribution < 1.29 is 9.15 Å². The summed E-state index contributed by atoms with van der Waals surface area (Å²) < 4.78 is 13.0. The van der Waals surface area contributed by atoms with E-state index in [4.69, 9.17) is 9.15 Å². The number of nitrogens with one attached hydrogen (secondary N) is 1. The largest absolute Gasteiger partial charge is 0.470 e. The van der Waals surface area contributed by atoms with Gasteiger partial charge in [0.25, 0.3) is 0 Å². The first-order valence-electron chi connectivity index (χ1n) is 5.96. The lowest BCUT2D eigenvalue weighted by Gasteiger charge is -2.02. The van der Waals surface area contributed by atoms with Crippen molar-refractivity contribution in [2.75, 3.05) is 7.05 Å². The lowest BCUT2D eigenvalue weighted by Crippen LogP contribution is -2.04. The summed E-state index contributed by atoms with van der Waals surface area (Å²) >= 11 is 0. The SMILES string of the molecule is CNCc1cc(COc2cc(C)nn2C)oc1C. The Morgan fingerprint density at radius 3 is 2.78 bits per heavy atom. The average molecular weight is 249 g/mol. The number of nitrogens with zero attached hydrogens (tertiary/aromatic N) is 2. The summed E-state index contributed by atoms with van der Waals surface area (Å²) in [6, 6.07) is 3.93. The summed E-state index contributed by atoms with van der Waals surface area (Å²) in [6.45, 7) is 5.13. The molecule has 98 valence electrons. The van der Waals surface area contributed by atoms with E-state index in [1.165, 1.54) is 0 Å². The Kier molecular flexibility index (Phi) is 3.72. The van der Waals surface area contributed by atoms with Gasteiger partial charge < -0.3 is 14.5 Å². The molecule has 0 bridgehead atoms. The maximum absolute atomic E-state index is 5.68. The van der Waals surface area contributed by atoms with E-state index in [1.54, 1.807) is 4.68 Å². The first kappa shape index (κ1) is 12.7. The molecule has 0 saturated heterocycles. The van der Waals surface area contributed by atoms with Crippen molar-refractivity contribution in [1.82, 2.24) is 15.1 Å². The van der Waals surface area contributed by atoms with Gasteiger partial charge in [-0.15, -0.1) is 0 Å². The van der Waals surface area contributed by atoms with E-state index >= 15 is 0 Å². The Labute approximate surface area is 107 Å². The van der Waals surface area contributed by atoms with Crippen LogP contribution < -0.4 is 10.1 Å². The molecule has 0 aromatic carbocycles. The van der Waals surface area contributed by atoms with Gasteiger partial charge in [0, 0.05) is 25.2 Å². The molecule has 0 fully saturated rings. The number of aryl methyl sites for hydroxylation is 3. The van der Waals surface area contributed by atoms with Crippen molar-refractivity contribution in [3.8, 4) is 5.88 Å². The van der Waals surface area contributed by atoms with E-state index in [0.29, 0.717) is 6.61 Å². The zero-order valence-corrected chi connectivity index (χ0v) is 11.3. The van der Waals surface area contributed by atoms with Gasteiger partial charge in [-0.2, -0.15) is 5.10 Å². The molecule has 0 aliphatic heterocycles. The van der Waals surface area contributed by atoms with Gasteiger partial charge in [-0.05, 0) is 27.0 Å². The van der Waals surface area contributed by atoms with Gasteiger partial charge in [0.1, 0.15) is 18.1 Å². The zero-order chi connectivity index (χ0) is 13.1. The second kappa shape index (κ2) is 5.27. The number of rotatable bonds is 5. The minimum atomic E-state index is 0.420. The molecule has 2 aromatic heterocycles. The van der Waals surface area contributed by atoms with Gasteiger partial charge >= 0.3 is 0 Å². The Balaban J connectivity index is 2.02. The van der Waals surface area contributed by atoms with Gasteiger partial charge in [0.15, 0.2) is 0 Å². The monoisotopic (exact) mass is 249 g/mol. The average Bonchev–Trinajstić information content (AvgIpc) is 2.81. The summed E-state index contributed by atoms with van der Waals surface area (Å²) in [5.74, 6) is 2.51. The molecule has 2 heterocycles. The van der Waals surface area contributed by atoms with E-state index < -0.39 is 0 Å². The molecule has 18 heavy (non-hydrogen) atoms. The first-order valence-corrected chi connectivity index (χ1v) is 5.96. The summed E-state index contributed by atoms with van der Waals surface area (Å²) in [5.41, 5.74) is 2.11. The lowest BCUT2D eigenvalue weighted by atomic mass is 10.2. The summed E-state index contributed by atoms with van der Waals surface area (Å²) in [7, 11) is 3.78. The summed E-state index contributed by atoms with van der Waals surface area (Å²) in [4.78, 5) is 0. The van der Waals surface area contributed by atoms with E-state index in [9.17, 15) is 0 Å². The minimum absolute atomic E-state index is 0.420. The molecule has 0 saturated carbocycles. The van der Waals surface area contributed by atoms with Crippen LogP contribution in [0.2, 0.25) is 0 Å². The van der Waals surface area contributed by atoms with Crippen LogP contribution in [0.4, 0.5) is 0 Å². The molecule has 2 aromatic rings. The van der Waals surface area contributed by atoms with Crippen LogP contribution in [0, 0.1) is 13.8 Å². The fourth-order valence-electron chi connectivity index (χ4n) is 1.89. The number of ether oxygens (including phenoxy) is 1. The van der Waals surface area contributed by atoms with Gasteiger partial charge in [0.2, 0.25) is 5.88 Å². The van der Waals surface area contributed by atoms with Gasteiger partial charge in [-0.25, -0.2) is 4.68 Å². The summed E-state index contributed by atoms with van der Waals surface area (Å²) in [6.07, 6.45) is 0. The van der Waals surface area contributed by atoms with E-state index in [-0.39, 0.29) is 0 Å². The molecule has 5 nitrogen and oxygen atoms in total. The van der Waals surface area contributed by atoms with E-state index in [0.717, 1.165) is 35.2 Å². The number of hydrogen-bond acceptors (Lipinski definition) is 4. The quantitative estimate of drug-likeness (QED) is 0.879. The Morgan fingerprint density at radius 2 is 2.17 bits per heavy atom. The van der Waals surface area contributed by atoms with Crippen LogP contribution in [-0.2, 0) is 20.2 Å². The highest BCUT2D eigenvalue weighted by molar-refractivity contribution is 5.21. The highest BCUT2D eigenvalue weighted by Crippen LogP contribution is 2.18. The van der Waals surface area contributed by atoms with Gasteiger partial charge in [0.05, 0.1) is 5.69 Å². The number of hydrogen-bond donors (Lipinski definition) is 1. The lowest BCUT2D eigenvalue weighted by molar-refractivity contribution is 0.247. The molecule has 0 aliphatic carbocycles. The number of furan rings is 1. The van der Waals surface area contributed by atoms with E-state index in [1.807, 2.05) is 40.1 Å². The topological polar surface area (TPSA) is 52.2 Å². The molecule has 0 atom stereocenters. The Morgan fingerprint density at radius 1 is 1.39 bits per heavy atom. The van der Waals surface area contributed by atoms with Crippen molar-refractivity contribution >= 4 is 0 Å². The zero-order valence-electron chi connectivity index (χ0n) is 11.3. The van der Waals surface area contributed by atoms with Gasteiger partial charge in [-0.3, -0.25) is 0 Å². The fourth-order valence-corrected chi connectivity index (χ4v) is 1.89. The molecular weight excluding hydrogens is 230 g/mol. The smallest absolute Gasteiger partial charge is 0.212 e. The normalized spacial score (nSPS) is 10.9. The fraction of sp³-hybridized carbons (Fsp3) is 0.462. The molecule has 0 spiro atoms. The van der Waals surface area contributed by atoms with Crippen LogP contribution >= 0.6 is 0 Å². The number of aromatic nitrogens is 2. The van der Waals surface area contributed by atoms with Crippen LogP contribution in [0.5, 0.6) is 5.88 Å². The van der Waals surface area contributed by atoms with Crippen LogP contribution in [0.1, 0.15) is 22.8 Å². The van der Waals surface area contributed by atoms with Crippen molar-refractivity contribution in [3.63, 3.8) is 0 Å². The van der Waals surface area contributed by atoms with Crippen molar-refractivity contribution in [3.05, 3.63) is 34.9 Å². The van der Waals surface area contributed by atoms with Crippen LogP contribution in [0.3, 0.4) is 0 Å². The maximum atomic E-state index is 5.68. The molecule has 0 unspecified atom stereocenters. The third-order valence-electron chi connectivity index (χ3n) is 2.76. The maximum Gasteiger partial charge on any atom is 0.212 e. The second-order valence-electron chi connectivity index (χ2n) is 4.36. The highest BCUT2D eigenvalue weighted by Gasteiger charge is 2.09. The third-order valence-corrected chi connectivity index (χ3v) is 2.76. The predicted octanol–water partition coefficient (Wildman–Crippen LogP) is 1.93. The predicted molar refractivity (Wildman–Crippen MR) is 68.5 cm³/mol. The highest BCUT2D eigenvalue weighted by atomic mass is 16.5. The van der Waals surface area contributed by atoms with Gasteiger partial charge in [-0.1, -0.05) is 0 Å². The molecule has 2 rings (SSSR count). The molecule has 0 amide bonds. The Hall–Kier alpha value is -1.75. The second-order valence-corrected chi connectivity index (χ2v) is 4.36. The third kappa shape index (κ3) is 2.73. The van der Waals surface area contributed by atoms with Crippen LogP contribution in [0.25, 0.3) is 0 Å².